The molecule has 1 heterocycles. The van der Waals surface area contributed by atoms with Crippen LogP contribution in [0.3, 0.4) is 0 Å². The standard InChI is InChI=1S/C12H22N4O/c1-9-6-10(14-16(9)5)11(17)15(4)8-12(2,3)7-13/h6H,7-8,13H2,1-5H3. The van der Waals surface area contributed by atoms with Gasteiger partial charge in [-0.05, 0) is 24.9 Å². The molecule has 2 N–H and O–H groups in total. The molecule has 0 radical (unpaired) electrons. The van der Waals surface area contributed by atoms with Crippen molar-refractivity contribution in [3.05, 3.63) is 17.5 Å². The van der Waals surface area contributed by atoms with Crippen LogP contribution in [-0.4, -0.2) is 40.7 Å². The smallest absolute Gasteiger partial charge is 0.274 e. The van der Waals surface area contributed by atoms with E-state index in [2.05, 4.69) is 5.10 Å². The number of hydrogen-bond donors (Lipinski definition) is 1. The topological polar surface area (TPSA) is 64.2 Å². The van der Waals surface area contributed by atoms with E-state index in [1.807, 2.05) is 27.8 Å². The number of nitrogens with two attached hydrogens (primary N) is 1. The first-order valence-corrected chi connectivity index (χ1v) is 5.73. The second-order valence-corrected chi connectivity index (χ2v) is 5.32. The number of nitrogens with zero attached hydrogens (tertiary/aromatic N) is 3. The minimum absolute atomic E-state index is 0.0600. The molecule has 1 aromatic rings. The van der Waals surface area contributed by atoms with Crippen molar-refractivity contribution < 1.29 is 4.79 Å². The van der Waals surface area contributed by atoms with Gasteiger partial charge in [0.05, 0.1) is 0 Å². The lowest BCUT2D eigenvalue weighted by Crippen LogP contribution is -2.39. The van der Waals surface area contributed by atoms with Gasteiger partial charge in [0, 0.05) is 26.3 Å². The van der Waals surface area contributed by atoms with Gasteiger partial charge in [-0.2, -0.15) is 5.10 Å². The molecule has 17 heavy (non-hydrogen) atoms. The van der Waals surface area contributed by atoms with Crippen LogP contribution in [0.25, 0.3) is 0 Å². The van der Waals surface area contributed by atoms with Crippen molar-refractivity contribution in [3.8, 4) is 0 Å². The molecule has 0 unspecified atom stereocenters. The molecule has 0 atom stereocenters. The second kappa shape index (κ2) is 4.87. The van der Waals surface area contributed by atoms with Crippen LogP contribution >= 0.6 is 0 Å². The number of carbonyl (C=O) groups excluding carboxylic acids is 1. The highest BCUT2D eigenvalue weighted by Crippen LogP contribution is 2.15. The molecule has 0 aromatic carbocycles. The Hall–Kier alpha value is -1.36. The lowest BCUT2D eigenvalue weighted by atomic mass is 9.93. The third-order valence-electron chi connectivity index (χ3n) is 2.90. The summed E-state index contributed by atoms with van der Waals surface area (Å²) in [6.45, 7) is 7.18. The van der Waals surface area contributed by atoms with Gasteiger partial charge in [0.1, 0.15) is 0 Å². The van der Waals surface area contributed by atoms with Crippen LogP contribution in [0.15, 0.2) is 6.07 Å². The third kappa shape index (κ3) is 3.30. The largest absolute Gasteiger partial charge is 0.340 e. The van der Waals surface area contributed by atoms with Gasteiger partial charge in [0.15, 0.2) is 5.69 Å². The normalized spacial score (nSPS) is 11.6. The van der Waals surface area contributed by atoms with Crippen LogP contribution in [0, 0.1) is 12.3 Å². The number of carbonyl (C=O) groups is 1. The summed E-state index contributed by atoms with van der Waals surface area (Å²) in [7, 11) is 3.61. The quantitative estimate of drug-likeness (QED) is 0.843. The first-order valence-electron chi connectivity index (χ1n) is 5.73. The van der Waals surface area contributed by atoms with Crippen molar-refractivity contribution in [2.24, 2.45) is 18.2 Å². The molecular weight excluding hydrogens is 216 g/mol. The highest BCUT2D eigenvalue weighted by Gasteiger charge is 2.23. The second-order valence-electron chi connectivity index (χ2n) is 5.32. The molecule has 0 fully saturated rings. The molecule has 1 rings (SSSR count). The van der Waals surface area contributed by atoms with Gasteiger partial charge < -0.3 is 10.6 Å². The van der Waals surface area contributed by atoms with Gasteiger partial charge in [-0.1, -0.05) is 13.8 Å². The molecule has 0 spiro atoms. The first kappa shape index (κ1) is 13.7. The zero-order chi connectivity index (χ0) is 13.2. The summed E-state index contributed by atoms with van der Waals surface area (Å²) in [5, 5.41) is 4.18. The summed E-state index contributed by atoms with van der Waals surface area (Å²) in [6.07, 6.45) is 0. The maximum absolute atomic E-state index is 12.1. The lowest BCUT2D eigenvalue weighted by molar-refractivity contribution is 0.0734. The van der Waals surface area contributed by atoms with E-state index in [-0.39, 0.29) is 11.3 Å². The van der Waals surface area contributed by atoms with Crippen molar-refractivity contribution in [2.75, 3.05) is 20.1 Å². The summed E-state index contributed by atoms with van der Waals surface area (Å²) < 4.78 is 1.70. The minimum Gasteiger partial charge on any atom is -0.340 e. The van der Waals surface area contributed by atoms with E-state index < -0.39 is 0 Å². The van der Waals surface area contributed by atoms with Crippen molar-refractivity contribution in [1.29, 1.82) is 0 Å². The van der Waals surface area contributed by atoms with Gasteiger partial charge in [-0.3, -0.25) is 9.48 Å². The molecule has 5 nitrogen and oxygen atoms in total. The van der Waals surface area contributed by atoms with Crippen LogP contribution in [0.5, 0.6) is 0 Å². The Morgan fingerprint density at radius 2 is 2.18 bits per heavy atom. The SMILES string of the molecule is Cc1cc(C(=O)N(C)CC(C)(C)CN)nn1C. The lowest BCUT2D eigenvalue weighted by Gasteiger charge is -2.28. The zero-order valence-electron chi connectivity index (χ0n) is 11.3. The van der Waals surface area contributed by atoms with Gasteiger partial charge in [0.2, 0.25) is 0 Å². The average Bonchev–Trinajstić information content (AvgIpc) is 2.57. The average molecular weight is 238 g/mol. The van der Waals surface area contributed by atoms with Crippen molar-refractivity contribution in [2.45, 2.75) is 20.8 Å². The molecule has 1 amide bonds. The summed E-state index contributed by atoms with van der Waals surface area (Å²) in [6, 6.07) is 1.80. The number of aryl methyl sites for hydroxylation is 2. The van der Waals surface area contributed by atoms with Gasteiger partial charge in [-0.15, -0.1) is 0 Å². The fourth-order valence-corrected chi connectivity index (χ4v) is 1.64. The number of hydrogen-bond acceptors (Lipinski definition) is 3. The molecule has 0 aliphatic heterocycles. The maximum atomic E-state index is 12.1. The van der Waals surface area contributed by atoms with Crippen LogP contribution in [0.2, 0.25) is 0 Å². The van der Waals surface area contributed by atoms with E-state index in [1.54, 1.807) is 22.7 Å². The molecule has 0 aliphatic rings. The van der Waals surface area contributed by atoms with Crippen molar-refractivity contribution >= 4 is 5.91 Å². The molecule has 1 aromatic heterocycles. The van der Waals surface area contributed by atoms with Crippen LogP contribution < -0.4 is 5.73 Å². The van der Waals surface area contributed by atoms with E-state index >= 15 is 0 Å². The van der Waals surface area contributed by atoms with Gasteiger partial charge >= 0.3 is 0 Å². The number of aromatic nitrogens is 2. The molecular formula is C12H22N4O. The fourth-order valence-electron chi connectivity index (χ4n) is 1.64. The predicted molar refractivity (Wildman–Crippen MR) is 67.7 cm³/mol. The van der Waals surface area contributed by atoms with Crippen LogP contribution in [0.4, 0.5) is 0 Å². The fraction of sp³-hybridized carbons (Fsp3) is 0.667. The highest BCUT2D eigenvalue weighted by molar-refractivity contribution is 5.92. The summed E-state index contributed by atoms with van der Waals surface area (Å²) in [4.78, 5) is 13.8. The number of amides is 1. The maximum Gasteiger partial charge on any atom is 0.274 e. The summed E-state index contributed by atoms with van der Waals surface area (Å²) in [5.41, 5.74) is 7.05. The molecule has 0 bridgehead atoms. The predicted octanol–water partition coefficient (Wildman–Crippen LogP) is 0.785. The Balaban J connectivity index is 2.77. The minimum atomic E-state index is -0.0752. The van der Waals surface area contributed by atoms with Crippen LogP contribution in [-0.2, 0) is 7.05 Å². The summed E-state index contributed by atoms with van der Waals surface area (Å²) in [5.74, 6) is -0.0600. The first-order chi connectivity index (χ1) is 7.76. The van der Waals surface area contributed by atoms with E-state index in [0.717, 1.165) is 5.69 Å². The van der Waals surface area contributed by atoms with Gasteiger partial charge in [0.25, 0.3) is 5.91 Å². The Labute approximate surface area is 103 Å². The van der Waals surface area contributed by atoms with E-state index in [1.165, 1.54) is 0 Å². The Kier molecular flexibility index (Phi) is 3.93. The molecule has 0 saturated heterocycles. The third-order valence-corrected chi connectivity index (χ3v) is 2.90. The van der Waals surface area contributed by atoms with Crippen molar-refractivity contribution in [3.63, 3.8) is 0 Å². The molecule has 0 saturated carbocycles. The van der Waals surface area contributed by atoms with E-state index in [4.69, 9.17) is 5.73 Å². The summed E-state index contributed by atoms with van der Waals surface area (Å²) >= 11 is 0. The van der Waals surface area contributed by atoms with Gasteiger partial charge in [-0.25, -0.2) is 0 Å². The number of rotatable bonds is 4. The van der Waals surface area contributed by atoms with Crippen molar-refractivity contribution in [1.82, 2.24) is 14.7 Å². The Morgan fingerprint density at radius 1 is 1.59 bits per heavy atom. The monoisotopic (exact) mass is 238 g/mol. The van der Waals surface area contributed by atoms with E-state index in [0.29, 0.717) is 18.8 Å². The Morgan fingerprint density at radius 3 is 2.59 bits per heavy atom. The zero-order valence-corrected chi connectivity index (χ0v) is 11.3. The molecule has 0 aliphatic carbocycles. The molecule has 96 valence electrons. The Bertz CT molecular complexity index is 389. The highest BCUT2D eigenvalue weighted by atomic mass is 16.2. The molecule has 5 heteroatoms. The van der Waals surface area contributed by atoms with Crippen LogP contribution in [0.1, 0.15) is 30.0 Å². The van der Waals surface area contributed by atoms with E-state index in [9.17, 15) is 4.79 Å².